The van der Waals surface area contributed by atoms with Crippen molar-refractivity contribution in [2.75, 3.05) is 12.1 Å². The summed E-state index contributed by atoms with van der Waals surface area (Å²) in [6.07, 6.45) is 3.76. The third kappa shape index (κ3) is 5.24. The van der Waals surface area contributed by atoms with Gasteiger partial charge in [0.15, 0.2) is 17.3 Å². The third-order valence-electron chi connectivity index (χ3n) is 5.00. The molecule has 1 aliphatic heterocycles. The molecular formula is C23H23N3O6S. The molecule has 0 aliphatic carbocycles. The molecule has 0 bridgehead atoms. The van der Waals surface area contributed by atoms with Crippen molar-refractivity contribution in [3.8, 4) is 11.5 Å². The largest absolute Gasteiger partial charge is 0.454 e. The molecule has 0 saturated carbocycles. The first-order valence-corrected chi connectivity index (χ1v) is 11.8. The summed E-state index contributed by atoms with van der Waals surface area (Å²) < 4.78 is 43.8. The van der Waals surface area contributed by atoms with Crippen molar-refractivity contribution in [3.63, 3.8) is 0 Å². The van der Waals surface area contributed by atoms with Crippen molar-refractivity contribution in [1.82, 2.24) is 9.88 Å². The Labute approximate surface area is 191 Å². The molecule has 0 unspecified atom stereocenters. The van der Waals surface area contributed by atoms with E-state index in [0.29, 0.717) is 35.1 Å². The molecule has 4 rings (SSSR count). The third-order valence-corrected chi connectivity index (χ3v) is 6.41. The second kappa shape index (κ2) is 9.47. The lowest BCUT2D eigenvalue weighted by Gasteiger charge is -2.08. The van der Waals surface area contributed by atoms with Gasteiger partial charge in [-0.15, -0.1) is 0 Å². The van der Waals surface area contributed by atoms with Crippen LogP contribution in [-0.2, 0) is 21.4 Å². The zero-order valence-corrected chi connectivity index (χ0v) is 18.9. The first-order valence-electron chi connectivity index (χ1n) is 10.3. The van der Waals surface area contributed by atoms with E-state index in [2.05, 4.69) is 15.2 Å². The molecule has 0 radical (unpaired) electrons. The molecule has 10 heteroatoms. The molecular weight excluding hydrogens is 446 g/mol. The maximum Gasteiger partial charge on any atom is 0.240 e. The topological polar surface area (TPSA) is 120 Å². The zero-order chi connectivity index (χ0) is 23.4. The van der Waals surface area contributed by atoms with Gasteiger partial charge in [-0.3, -0.25) is 4.79 Å². The lowest BCUT2D eigenvalue weighted by molar-refractivity contribution is -0.115. The normalized spacial score (nSPS) is 12.9. The summed E-state index contributed by atoms with van der Waals surface area (Å²) in [7, 11) is -3.70. The Morgan fingerprint density at radius 3 is 2.61 bits per heavy atom. The minimum absolute atomic E-state index is 0.123. The molecule has 2 heterocycles. The van der Waals surface area contributed by atoms with Crippen LogP contribution in [-0.4, -0.2) is 26.3 Å². The lowest BCUT2D eigenvalue weighted by Crippen LogP contribution is -2.23. The number of rotatable bonds is 8. The summed E-state index contributed by atoms with van der Waals surface area (Å²) in [6.45, 7) is 3.78. The molecule has 2 aromatic carbocycles. The van der Waals surface area contributed by atoms with E-state index in [4.69, 9.17) is 14.0 Å². The summed E-state index contributed by atoms with van der Waals surface area (Å²) >= 11 is 0. The van der Waals surface area contributed by atoms with Crippen LogP contribution >= 0.6 is 0 Å². The van der Waals surface area contributed by atoms with E-state index in [1.807, 2.05) is 0 Å². The molecule has 1 aliphatic rings. The molecule has 1 amide bonds. The van der Waals surface area contributed by atoms with Crippen LogP contribution in [0.2, 0.25) is 0 Å². The molecule has 0 atom stereocenters. The van der Waals surface area contributed by atoms with Crippen molar-refractivity contribution < 1.29 is 27.2 Å². The predicted molar refractivity (Wildman–Crippen MR) is 122 cm³/mol. The molecule has 1 aromatic heterocycles. The van der Waals surface area contributed by atoms with Gasteiger partial charge in [0.25, 0.3) is 0 Å². The van der Waals surface area contributed by atoms with Crippen LogP contribution in [0.4, 0.5) is 5.69 Å². The van der Waals surface area contributed by atoms with Crippen molar-refractivity contribution in [2.45, 2.75) is 31.7 Å². The van der Waals surface area contributed by atoms with Gasteiger partial charge in [0, 0.05) is 13.0 Å². The lowest BCUT2D eigenvalue weighted by atomic mass is 10.2. The van der Waals surface area contributed by atoms with Gasteiger partial charge in [0.2, 0.25) is 22.7 Å². The first-order chi connectivity index (χ1) is 15.9. The van der Waals surface area contributed by atoms with Crippen molar-refractivity contribution in [3.05, 3.63) is 65.0 Å². The van der Waals surface area contributed by atoms with Gasteiger partial charge in [0.1, 0.15) is 11.4 Å². The highest BCUT2D eigenvalue weighted by Crippen LogP contribution is 2.32. The number of carbonyl (C=O) groups is 1. The monoisotopic (exact) mass is 469 g/mol. The zero-order valence-electron chi connectivity index (χ0n) is 18.1. The number of fused-ring (bicyclic) bond motifs is 1. The number of ether oxygens (including phenoxy) is 2. The number of carbonyl (C=O) groups excluding carboxylic acids is 1. The molecule has 0 spiro atoms. The molecule has 3 aromatic rings. The highest BCUT2D eigenvalue weighted by atomic mass is 32.2. The van der Waals surface area contributed by atoms with Gasteiger partial charge in [-0.1, -0.05) is 36.4 Å². The fourth-order valence-electron chi connectivity index (χ4n) is 3.12. The number of nitrogens with one attached hydrogen (secondary N) is 2. The molecule has 0 saturated heterocycles. The van der Waals surface area contributed by atoms with E-state index in [1.165, 1.54) is 12.1 Å². The number of anilines is 1. The Hall–Kier alpha value is -3.63. The summed E-state index contributed by atoms with van der Waals surface area (Å²) in [6, 6.07) is 11.7. The summed E-state index contributed by atoms with van der Waals surface area (Å²) in [4.78, 5) is 11.8. The van der Waals surface area contributed by atoms with Crippen LogP contribution in [0, 0.1) is 6.92 Å². The maximum atomic E-state index is 12.7. The number of benzene rings is 2. The highest BCUT2D eigenvalue weighted by Gasteiger charge is 2.17. The van der Waals surface area contributed by atoms with Crippen molar-refractivity contribution in [2.24, 2.45) is 0 Å². The molecule has 33 heavy (non-hydrogen) atoms. The van der Waals surface area contributed by atoms with E-state index in [0.717, 1.165) is 11.1 Å². The van der Waals surface area contributed by atoms with E-state index in [9.17, 15) is 13.2 Å². The highest BCUT2D eigenvalue weighted by molar-refractivity contribution is 7.89. The predicted octanol–water partition coefficient (Wildman–Crippen LogP) is 3.71. The number of hydrogen-bond donors (Lipinski definition) is 2. The Bertz CT molecular complexity index is 1300. The SMILES string of the molecule is CCC(=O)Nc1c(C)noc1/C=C\c1ccc(S(=O)(=O)NCc2ccc3c(c2)OCO3)cc1. The van der Waals surface area contributed by atoms with Crippen molar-refractivity contribution >= 4 is 33.8 Å². The second-order valence-corrected chi connectivity index (χ2v) is 9.09. The Morgan fingerprint density at radius 2 is 1.85 bits per heavy atom. The number of aryl methyl sites for hydroxylation is 1. The Balaban J connectivity index is 1.42. The van der Waals surface area contributed by atoms with Gasteiger partial charge in [-0.25, -0.2) is 13.1 Å². The Kier molecular flexibility index (Phi) is 6.47. The number of aromatic nitrogens is 1. The van der Waals surface area contributed by atoms with Gasteiger partial charge in [-0.2, -0.15) is 0 Å². The van der Waals surface area contributed by atoms with Gasteiger partial charge < -0.3 is 19.3 Å². The maximum absolute atomic E-state index is 12.7. The molecule has 9 nitrogen and oxygen atoms in total. The number of sulfonamides is 1. The van der Waals surface area contributed by atoms with E-state index < -0.39 is 10.0 Å². The van der Waals surface area contributed by atoms with Crippen LogP contribution in [0.5, 0.6) is 11.5 Å². The van der Waals surface area contributed by atoms with E-state index >= 15 is 0 Å². The Morgan fingerprint density at radius 1 is 1.09 bits per heavy atom. The summed E-state index contributed by atoms with van der Waals surface area (Å²) in [5.74, 6) is 1.52. The quantitative estimate of drug-likeness (QED) is 0.516. The fraction of sp³-hybridized carbons (Fsp3) is 0.217. The van der Waals surface area contributed by atoms with Crippen LogP contribution in [0.1, 0.15) is 35.9 Å². The number of nitrogens with zero attached hydrogens (tertiary/aromatic N) is 1. The smallest absolute Gasteiger partial charge is 0.240 e. The molecule has 2 N–H and O–H groups in total. The van der Waals surface area contributed by atoms with Crippen LogP contribution in [0.25, 0.3) is 12.2 Å². The molecule has 0 fully saturated rings. The minimum atomic E-state index is -3.70. The summed E-state index contributed by atoms with van der Waals surface area (Å²) in [5.41, 5.74) is 2.61. The average Bonchev–Trinajstić information content (AvgIpc) is 3.43. The van der Waals surface area contributed by atoms with Crippen LogP contribution < -0.4 is 19.5 Å². The first kappa shape index (κ1) is 22.6. The van der Waals surface area contributed by atoms with Gasteiger partial charge in [0.05, 0.1) is 4.90 Å². The second-order valence-electron chi connectivity index (χ2n) is 7.32. The van der Waals surface area contributed by atoms with Gasteiger partial charge in [-0.05, 0) is 48.4 Å². The number of amides is 1. The summed E-state index contributed by atoms with van der Waals surface area (Å²) in [5, 5.41) is 6.65. The minimum Gasteiger partial charge on any atom is -0.454 e. The van der Waals surface area contributed by atoms with Crippen LogP contribution in [0.15, 0.2) is 51.9 Å². The molecule has 172 valence electrons. The average molecular weight is 470 g/mol. The fourth-order valence-corrected chi connectivity index (χ4v) is 4.14. The standard InChI is InChI=1S/C23H23N3O6S/c1-3-22(27)25-23-15(2)26-32-20(23)11-6-16-4-8-18(9-5-16)33(28,29)24-13-17-7-10-19-21(12-17)31-14-30-19/h4-12,24H,3,13-14H2,1-2H3,(H,25,27)/b11-6-. The van der Waals surface area contributed by atoms with Gasteiger partial charge >= 0.3 is 0 Å². The van der Waals surface area contributed by atoms with E-state index in [1.54, 1.807) is 56.3 Å². The van der Waals surface area contributed by atoms with Crippen molar-refractivity contribution in [1.29, 1.82) is 0 Å². The number of hydrogen-bond acceptors (Lipinski definition) is 7. The van der Waals surface area contributed by atoms with E-state index in [-0.39, 0.29) is 24.1 Å². The van der Waals surface area contributed by atoms with Crippen LogP contribution in [0.3, 0.4) is 0 Å².